The van der Waals surface area contributed by atoms with Gasteiger partial charge in [-0.15, -0.1) is 0 Å². The molecule has 172 valence electrons. The van der Waals surface area contributed by atoms with Gasteiger partial charge in [-0.1, -0.05) is 25.7 Å². The monoisotopic (exact) mass is 423 g/mol. The Bertz CT molecular complexity index is 533. The van der Waals surface area contributed by atoms with Crippen LogP contribution in [0.5, 0.6) is 0 Å². The molecule has 0 unspecified atom stereocenters. The SMILES string of the molecule is O=C(CCN1CCCCC1)NCC[C@H]1CC[C@@H](NC(=O)C2CCCCC2)[C@@H](CO)O1. The number of nitrogens with zero attached hydrogens (tertiary/aromatic N) is 1. The largest absolute Gasteiger partial charge is 0.394 e. The first kappa shape index (κ1) is 23.5. The molecule has 0 spiro atoms. The summed E-state index contributed by atoms with van der Waals surface area (Å²) in [6, 6.07) is -0.111. The number of hydrogen-bond donors (Lipinski definition) is 3. The second-order valence-electron chi connectivity index (χ2n) is 9.30. The van der Waals surface area contributed by atoms with Crippen LogP contribution in [0, 0.1) is 5.92 Å². The number of likely N-dealkylation sites (tertiary alicyclic amines) is 1. The molecule has 0 aromatic carbocycles. The van der Waals surface area contributed by atoms with Gasteiger partial charge in [0.1, 0.15) is 6.10 Å². The third-order valence-corrected chi connectivity index (χ3v) is 6.99. The molecule has 3 fully saturated rings. The van der Waals surface area contributed by atoms with E-state index in [4.69, 9.17) is 4.74 Å². The number of ether oxygens (including phenoxy) is 1. The van der Waals surface area contributed by atoms with Crippen LogP contribution in [0.15, 0.2) is 0 Å². The highest BCUT2D eigenvalue weighted by Crippen LogP contribution is 2.26. The molecule has 2 saturated heterocycles. The standard InChI is InChI=1S/C23H41N3O4/c27-17-21-20(25-23(29)18-7-3-1-4-8-18)10-9-19(30-21)11-13-24-22(28)12-16-26-14-5-2-6-15-26/h18-21,27H,1-17H2,(H,24,28)(H,25,29)/t19-,20-,21-/m1/s1. The van der Waals surface area contributed by atoms with E-state index < -0.39 is 0 Å². The Morgan fingerprint density at radius 2 is 1.70 bits per heavy atom. The van der Waals surface area contributed by atoms with E-state index in [0.717, 1.165) is 64.6 Å². The van der Waals surface area contributed by atoms with Crippen molar-refractivity contribution in [1.29, 1.82) is 0 Å². The van der Waals surface area contributed by atoms with Crippen LogP contribution in [0.1, 0.15) is 77.0 Å². The molecule has 7 nitrogen and oxygen atoms in total. The number of hydrogen-bond acceptors (Lipinski definition) is 5. The number of aliphatic hydroxyl groups is 1. The van der Waals surface area contributed by atoms with Gasteiger partial charge in [-0.25, -0.2) is 0 Å². The number of carbonyl (C=O) groups excluding carboxylic acids is 2. The molecule has 3 rings (SSSR count). The Morgan fingerprint density at radius 1 is 0.967 bits per heavy atom. The summed E-state index contributed by atoms with van der Waals surface area (Å²) in [5.41, 5.74) is 0. The topological polar surface area (TPSA) is 90.9 Å². The minimum absolute atomic E-state index is 0.0207. The zero-order valence-electron chi connectivity index (χ0n) is 18.4. The molecule has 2 amide bonds. The van der Waals surface area contributed by atoms with Crippen LogP contribution >= 0.6 is 0 Å². The van der Waals surface area contributed by atoms with Crippen LogP contribution in [0.25, 0.3) is 0 Å². The quantitative estimate of drug-likeness (QED) is 0.527. The predicted molar refractivity (Wildman–Crippen MR) is 116 cm³/mol. The first-order valence-corrected chi connectivity index (χ1v) is 12.2. The summed E-state index contributed by atoms with van der Waals surface area (Å²) in [4.78, 5) is 27.0. The molecule has 3 aliphatic rings. The second-order valence-corrected chi connectivity index (χ2v) is 9.30. The molecular formula is C23H41N3O4. The van der Waals surface area contributed by atoms with Crippen LogP contribution < -0.4 is 10.6 Å². The number of carbonyl (C=O) groups is 2. The number of aliphatic hydroxyl groups excluding tert-OH is 1. The van der Waals surface area contributed by atoms with Gasteiger partial charge in [0.2, 0.25) is 11.8 Å². The van der Waals surface area contributed by atoms with E-state index in [9.17, 15) is 14.7 Å². The van der Waals surface area contributed by atoms with Gasteiger partial charge in [0.15, 0.2) is 0 Å². The van der Waals surface area contributed by atoms with E-state index in [1.165, 1.54) is 25.7 Å². The number of amides is 2. The number of nitrogens with one attached hydrogen (secondary N) is 2. The average Bonchev–Trinajstić information content (AvgIpc) is 2.79. The lowest BCUT2D eigenvalue weighted by Crippen LogP contribution is -2.52. The second kappa shape index (κ2) is 12.6. The minimum atomic E-state index is -0.355. The molecular weight excluding hydrogens is 382 g/mol. The number of piperidine rings is 1. The Balaban J connectivity index is 1.31. The van der Waals surface area contributed by atoms with Crippen molar-refractivity contribution in [3.8, 4) is 0 Å². The Hall–Kier alpha value is -1.18. The molecule has 0 aromatic heterocycles. The lowest BCUT2D eigenvalue weighted by Gasteiger charge is -2.37. The molecule has 30 heavy (non-hydrogen) atoms. The lowest BCUT2D eigenvalue weighted by molar-refractivity contribution is -0.133. The average molecular weight is 424 g/mol. The molecule has 3 atom stereocenters. The Kier molecular flexibility index (Phi) is 9.88. The molecule has 1 saturated carbocycles. The van der Waals surface area contributed by atoms with E-state index in [2.05, 4.69) is 15.5 Å². The molecule has 2 aliphatic heterocycles. The lowest BCUT2D eigenvalue weighted by atomic mass is 9.88. The molecule has 7 heteroatoms. The van der Waals surface area contributed by atoms with E-state index in [0.29, 0.717) is 13.0 Å². The van der Waals surface area contributed by atoms with Crippen molar-refractivity contribution in [1.82, 2.24) is 15.5 Å². The van der Waals surface area contributed by atoms with Crippen molar-refractivity contribution in [3.05, 3.63) is 0 Å². The normalized spacial score (nSPS) is 28.8. The Morgan fingerprint density at radius 3 is 2.43 bits per heavy atom. The van der Waals surface area contributed by atoms with Crippen molar-refractivity contribution in [2.45, 2.75) is 95.3 Å². The van der Waals surface area contributed by atoms with Crippen LogP contribution in [0.4, 0.5) is 0 Å². The van der Waals surface area contributed by atoms with Gasteiger partial charge < -0.3 is 25.4 Å². The summed E-state index contributed by atoms with van der Waals surface area (Å²) < 4.78 is 6.05. The van der Waals surface area contributed by atoms with Crippen LogP contribution in [-0.2, 0) is 14.3 Å². The van der Waals surface area contributed by atoms with Gasteiger partial charge in [-0.2, -0.15) is 0 Å². The van der Waals surface area contributed by atoms with Crippen molar-refractivity contribution in [2.24, 2.45) is 5.92 Å². The molecule has 0 radical (unpaired) electrons. The van der Waals surface area contributed by atoms with Gasteiger partial charge in [0.25, 0.3) is 0 Å². The summed E-state index contributed by atoms with van der Waals surface area (Å²) in [5, 5.41) is 15.9. The van der Waals surface area contributed by atoms with Gasteiger partial charge in [-0.3, -0.25) is 9.59 Å². The molecule has 0 bridgehead atoms. The van der Waals surface area contributed by atoms with Crippen LogP contribution in [-0.4, -0.2) is 72.9 Å². The van der Waals surface area contributed by atoms with Crippen LogP contribution in [0.3, 0.4) is 0 Å². The van der Waals surface area contributed by atoms with Gasteiger partial charge in [0.05, 0.1) is 18.8 Å². The maximum absolute atomic E-state index is 12.5. The maximum atomic E-state index is 12.5. The summed E-state index contributed by atoms with van der Waals surface area (Å²) in [5.74, 6) is 0.352. The van der Waals surface area contributed by atoms with Gasteiger partial charge >= 0.3 is 0 Å². The molecule has 1 aliphatic carbocycles. The van der Waals surface area contributed by atoms with Crippen LogP contribution in [0.2, 0.25) is 0 Å². The predicted octanol–water partition coefficient (Wildman–Crippen LogP) is 1.97. The fraction of sp³-hybridized carbons (Fsp3) is 0.913. The summed E-state index contributed by atoms with van der Waals surface area (Å²) in [6.07, 6.45) is 11.9. The fourth-order valence-electron chi connectivity index (χ4n) is 5.08. The number of rotatable bonds is 9. The zero-order chi connectivity index (χ0) is 21.2. The van der Waals surface area contributed by atoms with Crippen molar-refractivity contribution >= 4 is 11.8 Å². The summed E-state index contributed by atoms with van der Waals surface area (Å²) in [6.45, 7) is 3.59. The minimum Gasteiger partial charge on any atom is -0.394 e. The smallest absolute Gasteiger partial charge is 0.223 e. The van der Waals surface area contributed by atoms with Gasteiger partial charge in [0, 0.05) is 25.4 Å². The Labute approximate surface area is 181 Å². The van der Waals surface area contributed by atoms with Crippen molar-refractivity contribution in [2.75, 3.05) is 32.8 Å². The molecule has 2 heterocycles. The molecule has 3 N–H and O–H groups in total. The van der Waals surface area contributed by atoms with E-state index in [-0.39, 0.29) is 42.6 Å². The van der Waals surface area contributed by atoms with Crippen molar-refractivity contribution < 1.29 is 19.4 Å². The fourth-order valence-corrected chi connectivity index (χ4v) is 5.08. The van der Waals surface area contributed by atoms with Crippen molar-refractivity contribution in [3.63, 3.8) is 0 Å². The summed E-state index contributed by atoms with van der Waals surface area (Å²) in [7, 11) is 0. The first-order valence-electron chi connectivity index (χ1n) is 12.2. The molecule has 0 aromatic rings. The highest BCUT2D eigenvalue weighted by molar-refractivity contribution is 5.79. The highest BCUT2D eigenvalue weighted by atomic mass is 16.5. The van der Waals surface area contributed by atoms with E-state index >= 15 is 0 Å². The highest BCUT2D eigenvalue weighted by Gasteiger charge is 2.33. The maximum Gasteiger partial charge on any atom is 0.223 e. The van der Waals surface area contributed by atoms with Gasteiger partial charge in [-0.05, 0) is 58.0 Å². The zero-order valence-corrected chi connectivity index (χ0v) is 18.4. The third-order valence-electron chi connectivity index (χ3n) is 6.99. The van der Waals surface area contributed by atoms with E-state index in [1.54, 1.807) is 0 Å². The van der Waals surface area contributed by atoms with E-state index in [1.807, 2.05) is 0 Å². The third kappa shape index (κ3) is 7.50. The summed E-state index contributed by atoms with van der Waals surface area (Å²) >= 11 is 0. The first-order chi connectivity index (χ1) is 14.7.